The van der Waals surface area contributed by atoms with E-state index in [1.165, 1.54) is 24.1 Å². The van der Waals surface area contributed by atoms with Gasteiger partial charge in [-0.15, -0.1) is 11.3 Å². The number of aromatic nitrogens is 1. The first kappa shape index (κ1) is 15.7. The number of nitrogens with zero attached hydrogens (tertiary/aromatic N) is 1. The van der Waals surface area contributed by atoms with Crippen LogP contribution in [-0.4, -0.2) is 4.98 Å². The Morgan fingerprint density at radius 2 is 1.88 bits per heavy atom. The molecule has 0 aliphatic heterocycles. The zero-order chi connectivity index (χ0) is 16.9. The number of rotatable bonds is 4. The Labute approximate surface area is 148 Å². The van der Waals surface area contributed by atoms with E-state index < -0.39 is 0 Å². The molecule has 2 aliphatic rings. The van der Waals surface area contributed by atoms with Gasteiger partial charge in [-0.2, -0.15) is 0 Å². The van der Waals surface area contributed by atoms with E-state index in [1.54, 1.807) is 11.3 Å². The van der Waals surface area contributed by atoms with Crippen molar-refractivity contribution in [1.29, 1.82) is 0 Å². The summed E-state index contributed by atoms with van der Waals surface area (Å²) in [5, 5.41) is 3.02. The standard InChI is InChI=1S/C20H25N3S/c1-13-5-7-14(8-6-13)16-12-24-18(21-16)23-22-17-11-15-9-10-20(17,4)19(15,2)3/h5-8,11-12,15,22H,9-10H2,1-4H3,(H,21,23)/t15-,20+/m0/s1. The van der Waals surface area contributed by atoms with E-state index in [2.05, 4.69) is 74.3 Å². The molecule has 1 aromatic heterocycles. The molecule has 0 unspecified atom stereocenters. The number of allylic oxidation sites excluding steroid dienone is 2. The zero-order valence-electron chi connectivity index (χ0n) is 14.8. The van der Waals surface area contributed by atoms with E-state index in [9.17, 15) is 0 Å². The Balaban J connectivity index is 1.46. The summed E-state index contributed by atoms with van der Waals surface area (Å²) in [5.41, 5.74) is 12.2. The van der Waals surface area contributed by atoms with Crippen molar-refractivity contribution in [2.75, 3.05) is 5.43 Å². The largest absolute Gasteiger partial charge is 0.303 e. The predicted octanol–water partition coefficient (Wildman–Crippen LogP) is 5.38. The molecule has 1 heterocycles. The smallest absolute Gasteiger partial charge is 0.202 e. The zero-order valence-corrected chi connectivity index (χ0v) is 15.6. The van der Waals surface area contributed by atoms with Crippen LogP contribution in [0.2, 0.25) is 0 Å². The molecule has 24 heavy (non-hydrogen) atoms. The SMILES string of the molecule is Cc1ccc(-c2csc(NNC3=C[C@@H]4CC[C@@]3(C)C4(C)C)n2)cc1. The van der Waals surface area contributed by atoms with Crippen molar-refractivity contribution in [3.8, 4) is 11.3 Å². The predicted molar refractivity (Wildman–Crippen MR) is 102 cm³/mol. The summed E-state index contributed by atoms with van der Waals surface area (Å²) in [5.74, 6) is 0.686. The molecule has 2 aliphatic carbocycles. The minimum absolute atomic E-state index is 0.238. The van der Waals surface area contributed by atoms with E-state index >= 15 is 0 Å². The molecule has 1 saturated carbocycles. The maximum absolute atomic E-state index is 4.71. The molecule has 0 spiro atoms. The van der Waals surface area contributed by atoms with Gasteiger partial charge in [0, 0.05) is 22.1 Å². The van der Waals surface area contributed by atoms with Crippen molar-refractivity contribution < 1.29 is 0 Å². The van der Waals surface area contributed by atoms with Crippen molar-refractivity contribution in [1.82, 2.24) is 10.4 Å². The second kappa shape index (κ2) is 5.35. The fourth-order valence-corrected chi connectivity index (χ4v) is 4.86. The highest BCUT2D eigenvalue weighted by Crippen LogP contribution is 2.64. The van der Waals surface area contributed by atoms with Gasteiger partial charge >= 0.3 is 0 Å². The lowest BCUT2D eigenvalue weighted by molar-refractivity contribution is 0.165. The van der Waals surface area contributed by atoms with Gasteiger partial charge in [0.1, 0.15) is 0 Å². The number of fused-ring (bicyclic) bond motifs is 2. The van der Waals surface area contributed by atoms with Gasteiger partial charge in [0.05, 0.1) is 5.69 Å². The topological polar surface area (TPSA) is 37.0 Å². The average molecular weight is 340 g/mol. The van der Waals surface area contributed by atoms with Crippen molar-refractivity contribution in [2.24, 2.45) is 16.7 Å². The number of hydrogen-bond donors (Lipinski definition) is 2. The van der Waals surface area contributed by atoms with Crippen molar-refractivity contribution >= 4 is 16.5 Å². The van der Waals surface area contributed by atoms with Crippen molar-refractivity contribution in [3.05, 3.63) is 47.0 Å². The van der Waals surface area contributed by atoms with Gasteiger partial charge < -0.3 is 5.43 Å². The Kier molecular flexibility index (Phi) is 3.50. The van der Waals surface area contributed by atoms with E-state index in [4.69, 9.17) is 4.98 Å². The fourth-order valence-electron chi connectivity index (χ4n) is 4.18. The molecular weight excluding hydrogens is 314 g/mol. The second-order valence-corrected chi connectivity index (χ2v) is 8.79. The van der Waals surface area contributed by atoms with E-state index in [-0.39, 0.29) is 5.41 Å². The molecule has 2 N–H and O–H groups in total. The van der Waals surface area contributed by atoms with Crippen LogP contribution in [-0.2, 0) is 0 Å². The van der Waals surface area contributed by atoms with Gasteiger partial charge in [0.25, 0.3) is 0 Å². The van der Waals surface area contributed by atoms with E-state index in [0.29, 0.717) is 11.3 Å². The Morgan fingerprint density at radius 1 is 1.12 bits per heavy atom. The molecule has 1 fully saturated rings. The minimum atomic E-state index is 0.238. The van der Waals surface area contributed by atoms with Crippen LogP contribution >= 0.6 is 11.3 Å². The van der Waals surface area contributed by atoms with Gasteiger partial charge in [0.2, 0.25) is 5.13 Å². The highest BCUT2D eigenvalue weighted by Gasteiger charge is 2.57. The first-order valence-corrected chi connectivity index (χ1v) is 9.55. The Morgan fingerprint density at radius 3 is 2.50 bits per heavy atom. The number of thiazole rings is 1. The van der Waals surface area contributed by atoms with Gasteiger partial charge in [-0.1, -0.05) is 56.7 Å². The molecule has 3 nitrogen and oxygen atoms in total. The monoisotopic (exact) mass is 339 g/mol. The summed E-state index contributed by atoms with van der Waals surface area (Å²) < 4.78 is 0. The lowest BCUT2D eigenvalue weighted by Crippen LogP contribution is -2.37. The molecule has 0 radical (unpaired) electrons. The van der Waals surface area contributed by atoms with Crippen LogP contribution in [0.25, 0.3) is 11.3 Å². The average Bonchev–Trinajstić information content (AvgIpc) is 3.16. The highest BCUT2D eigenvalue weighted by molar-refractivity contribution is 7.14. The van der Waals surface area contributed by atoms with Crippen molar-refractivity contribution in [3.63, 3.8) is 0 Å². The van der Waals surface area contributed by atoms with Crippen LogP contribution in [0.3, 0.4) is 0 Å². The summed E-state index contributed by atoms with van der Waals surface area (Å²) in [4.78, 5) is 4.71. The first-order valence-electron chi connectivity index (χ1n) is 8.67. The third kappa shape index (κ3) is 2.27. The number of anilines is 1. The molecule has 2 aromatic rings. The summed E-state index contributed by atoms with van der Waals surface area (Å²) in [6.45, 7) is 9.29. The number of nitrogens with one attached hydrogen (secondary N) is 2. The van der Waals surface area contributed by atoms with E-state index in [1.807, 2.05) is 0 Å². The highest BCUT2D eigenvalue weighted by atomic mass is 32.1. The van der Waals surface area contributed by atoms with Gasteiger partial charge in [-0.25, -0.2) is 4.98 Å². The van der Waals surface area contributed by atoms with Gasteiger partial charge in [-0.05, 0) is 31.1 Å². The summed E-state index contributed by atoms with van der Waals surface area (Å²) in [6, 6.07) is 8.51. The summed E-state index contributed by atoms with van der Waals surface area (Å²) >= 11 is 1.64. The molecule has 126 valence electrons. The van der Waals surface area contributed by atoms with Gasteiger partial charge in [-0.3, -0.25) is 5.43 Å². The molecule has 2 bridgehead atoms. The molecule has 4 rings (SSSR count). The number of hydrazine groups is 1. The lowest BCUT2D eigenvalue weighted by atomic mass is 9.69. The number of benzene rings is 1. The third-order valence-corrected chi connectivity index (χ3v) is 7.18. The van der Waals surface area contributed by atoms with E-state index in [0.717, 1.165) is 16.4 Å². The molecular formula is C20H25N3S. The number of aryl methyl sites for hydroxylation is 1. The summed E-state index contributed by atoms with van der Waals surface area (Å²) in [7, 11) is 0. The Bertz CT molecular complexity index is 787. The normalized spacial score (nSPS) is 27.2. The molecule has 0 saturated heterocycles. The molecule has 2 atom stereocenters. The second-order valence-electron chi connectivity index (χ2n) is 7.93. The fraction of sp³-hybridized carbons (Fsp3) is 0.450. The molecule has 4 heteroatoms. The quantitative estimate of drug-likeness (QED) is 0.735. The van der Waals surface area contributed by atoms with Crippen LogP contribution in [0.1, 0.15) is 39.2 Å². The van der Waals surface area contributed by atoms with Crippen LogP contribution in [0.15, 0.2) is 41.4 Å². The first-order chi connectivity index (χ1) is 11.4. The number of hydrogen-bond acceptors (Lipinski definition) is 4. The van der Waals surface area contributed by atoms with Gasteiger partial charge in [0.15, 0.2) is 0 Å². The van der Waals surface area contributed by atoms with Crippen LogP contribution in [0.5, 0.6) is 0 Å². The maximum atomic E-state index is 4.71. The lowest BCUT2D eigenvalue weighted by Gasteiger charge is -2.37. The molecule has 1 aromatic carbocycles. The van der Waals surface area contributed by atoms with Crippen LogP contribution in [0, 0.1) is 23.7 Å². The third-order valence-electron chi connectivity index (χ3n) is 6.42. The minimum Gasteiger partial charge on any atom is -0.303 e. The van der Waals surface area contributed by atoms with Crippen LogP contribution < -0.4 is 10.9 Å². The maximum Gasteiger partial charge on any atom is 0.202 e. The summed E-state index contributed by atoms with van der Waals surface area (Å²) in [6.07, 6.45) is 4.99. The molecule has 0 amide bonds. The Hall–Kier alpha value is -1.81. The van der Waals surface area contributed by atoms with Crippen molar-refractivity contribution in [2.45, 2.75) is 40.5 Å². The van der Waals surface area contributed by atoms with Crippen LogP contribution in [0.4, 0.5) is 5.13 Å².